The zero-order valence-corrected chi connectivity index (χ0v) is 26.7. The number of rotatable bonds is 13. The van der Waals surface area contributed by atoms with E-state index in [-0.39, 0.29) is 34.8 Å². The zero-order chi connectivity index (χ0) is 32.6. The second-order valence-corrected chi connectivity index (χ2v) is 13.1. The number of nitro benzene ring substituents is 1. The van der Waals surface area contributed by atoms with Crippen LogP contribution in [0.4, 0.5) is 11.4 Å². The van der Waals surface area contributed by atoms with Gasteiger partial charge in [-0.05, 0) is 62.1 Å². The van der Waals surface area contributed by atoms with E-state index in [1.807, 2.05) is 37.3 Å². The van der Waals surface area contributed by atoms with E-state index in [2.05, 4.69) is 5.32 Å². The van der Waals surface area contributed by atoms with E-state index in [1.165, 1.54) is 43.2 Å². The Labute approximate surface area is 264 Å². The lowest BCUT2D eigenvalue weighted by molar-refractivity contribution is -0.385. The topological polar surface area (TPSA) is 139 Å². The van der Waals surface area contributed by atoms with E-state index in [9.17, 15) is 28.1 Å². The van der Waals surface area contributed by atoms with Gasteiger partial charge in [-0.3, -0.25) is 24.0 Å². The van der Waals surface area contributed by atoms with Crippen LogP contribution in [0.15, 0.2) is 77.7 Å². The summed E-state index contributed by atoms with van der Waals surface area (Å²) in [5.74, 6) is -0.392. The third-order valence-electron chi connectivity index (χ3n) is 8.14. The molecule has 3 aromatic carbocycles. The molecule has 0 aliphatic heterocycles. The molecule has 0 aromatic heterocycles. The van der Waals surface area contributed by atoms with Crippen LogP contribution in [0, 0.1) is 17.0 Å². The smallest absolute Gasteiger partial charge is 0.273 e. The van der Waals surface area contributed by atoms with Gasteiger partial charge in [0.1, 0.15) is 18.3 Å². The summed E-state index contributed by atoms with van der Waals surface area (Å²) < 4.78 is 34.5. The molecule has 3 aromatic rings. The molecule has 1 N–H and O–H groups in total. The molecule has 1 saturated carbocycles. The van der Waals surface area contributed by atoms with Crippen molar-refractivity contribution < 1.29 is 27.7 Å². The Bertz CT molecular complexity index is 1590. The van der Waals surface area contributed by atoms with Crippen molar-refractivity contribution in [1.82, 2.24) is 10.2 Å². The Morgan fingerprint density at radius 1 is 1.02 bits per heavy atom. The fourth-order valence-corrected chi connectivity index (χ4v) is 7.03. The van der Waals surface area contributed by atoms with Crippen molar-refractivity contribution >= 4 is 33.2 Å². The number of benzene rings is 3. The molecule has 12 heteroatoms. The summed E-state index contributed by atoms with van der Waals surface area (Å²) >= 11 is 0. The number of nitrogens with zero attached hydrogens (tertiary/aromatic N) is 3. The van der Waals surface area contributed by atoms with Crippen LogP contribution in [0.25, 0.3) is 0 Å². The Balaban J connectivity index is 1.74. The number of carbonyl (C=O) groups excluding carboxylic acids is 2. The molecule has 0 heterocycles. The highest BCUT2D eigenvalue weighted by molar-refractivity contribution is 7.92. The van der Waals surface area contributed by atoms with Gasteiger partial charge in [0, 0.05) is 24.2 Å². The first-order valence-electron chi connectivity index (χ1n) is 15.1. The van der Waals surface area contributed by atoms with Gasteiger partial charge in [0.05, 0.1) is 22.6 Å². The maximum atomic E-state index is 14.3. The van der Waals surface area contributed by atoms with E-state index in [4.69, 9.17) is 4.74 Å². The number of ether oxygens (including phenoxy) is 1. The number of anilines is 1. The molecular weight excluding hydrogens is 596 g/mol. The van der Waals surface area contributed by atoms with Gasteiger partial charge in [-0.15, -0.1) is 0 Å². The van der Waals surface area contributed by atoms with Gasteiger partial charge in [0.15, 0.2) is 0 Å². The van der Waals surface area contributed by atoms with Crippen LogP contribution in [-0.2, 0) is 26.2 Å². The van der Waals surface area contributed by atoms with Crippen molar-refractivity contribution in [3.05, 3.63) is 94.0 Å². The Morgan fingerprint density at radius 2 is 1.69 bits per heavy atom. The maximum absolute atomic E-state index is 14.3. The van der Waals surface area contributed by atoms with E-state index >= 15 is 0 Å². The normalized spacial score (nSPS) is 14.3. The minimum absolute atomic E-state index is 0.0301. The maximum Gasteiger partial charge on any atom is 0.273 e. The highest BCUT2D eigenvalue weighted by atomic mass is 32.2. The second kappa shape index (κ2) is 15.0. The first-order valence-corrected chi connectivity index (χ1v) is 16.5. The molecule has 240 valence electrons. The molecule has 1 aliphatic carbocycles. The van der Waals surface area contributed by atoms with E-state index < -0.39 is 33.4 Å². The number of sulfonamides is 1. The average Bonchev–Trinajstić information content (AvgIpc) is 3.04. The monoisotopic (exact) mass is 636 g/mol. The quantitative estimate of drug-likeness (QED) is 0.197. The number of nitro groups is 1. The van der Waals surface area contributed by atoms with Gasteiger partial charge in [0.2, 0.25) is 11.8 Å². The summed E-state index contributed by atoms with van der Waals surface area (Å²) in [7, 11) is -3.01. The van der Waals surface area contributed by atoms with Crippen LogP contribution in [-0.4, -0.2) is 55.8 Å². The summed E-state index contributed by atoms with van der Waals surface area (Å²) in [6.45, 7) is 2.78. The molecule has 45 heavy (non-hydrogen) atoms. The number of methoxy groups -OCH3 is 1. The average molecular weight is 637 g/mol. The Kier molecular flexibility index (Phi) is 11.2. The number of amides is 2. The zero-order valence-electron chi connectivity index (χ0n) is 25.8. The molecule has 11 nitrogen and oxygen atoms in total. The summed E-state index contributed by atoms with van der Waals surface area (Å²) in [5, 5.41) is 14.8. The second-order valence-electron chi connectivity index (χ2n) is 11.2. The summed E-state index contributed by atoms with van der Waals surface area (Å²) in [5.41, 5.74) is 0.887. The van der Waals surface area contributed by atoms with Crippen molar-refractivity contribution in [2.24, 2.45) is 0 Å². The number of hydrogen-bond donors (Lipinski definition) is 1. The first kappa shape index (κ1) is 33.4. The van der Waals surface area contributed by atoms with Gasteiger partial charge in [0.25, 0.3) is 15.7 Å². The minimum atomic E-state index is -4.48. The summed E-state index contributed by atoms with van der Waals surface area (Å²) in [4.78, 5) is 40.0. The predicted octanol–water partition coefficient (Wildman–Crippen LogP) is 5.36. The SMILES string of the molecule is CC[C@@H](C(=O)NC1CCCCC1)N(Cc1ccccc1)C(=O)CN(c1ccc(OC)cc1)S(=O)(=O)c1ccc(C)c([N+](=O)[O-])c1. The molecule has 1 fully saturated rings. The molecular formula is C33H40N4O7S. The Morgan fingerprint density at radius 3 is 2.29 bits per heavy atom. The number of aryl methyl sites for hydroxylation is 1. The number of carbonyl (C=O) groups is 2. The molecule has 1 atom stereocenters. The number of nitrogens with one attached hydrogen (secondary N) is 1. The Hall–Kier alpha value is -4.45. The fraction of sp³-hybridized carbons (Fsp3) is 0.394. The predicted molar refractivity (Wildman–Crippen MR) is 171 cm³/mol. The van der Waals surface area contributed by atoms with Crippen LogP contribution < -0.4 is 14.4 Å². The van der Waals surface area contributed by atoms with Gasteiger partial charge in [-0.2, -0.15) is 0 Å². The van der Waals surface area contributed by atoms with Crippen LogP contribution in [0.5, 0.6) is 5.75 Å². The van der Waals surface area contributed by atoms with Crippen molar-refractivity contribution in [3.63, 3.8) is 0 Å². The van der Waals surface area contributed by atoms with Crippen LogP contribution >= 0.6 is 0 Å². The highest BCUT2D eigenvalue weighted by Crippen LogP contribution is 2.30. The lowest BCUT2D eigenvalue weighted by Crippen LogP contribution is -2.54. The van der Waals surface area contributed by atoms with Crippen LogP contribution in [0.3, 0.4) is 0 Å². The van der Waals surface area contributed by atoms with Crippen molar-refractivity contribution in [3.8, 4) is 5.75 Å². The van der Waals surface area contributed by atoms with Crippen molar-refractivity contribution in [2.75, 3.05) is 18.0 Å². The molecule has 0 unspecified atom stereocenters. The van der Waals surface area contributed by atoms with E-state index in [0.717, 1.165) is 48.0 Å². The minimum Gasteiger partial charge on any atom is -0.497 e. The van der Waals surface area contributed by atoms with Crippen molar-refractivity contribution in [1.29, 1.82) is 0 Å². The summed E-state index contributed by atoms with van der Waals surface area (Å²) in [6, 6.07) is 18.2. The van der Waals surface area contributed by atoms with Gasteiger partial charge in [-0.1, -0.05) is 62.6 Å². The lowest BCUT2D eigenvalue weighted by Gasteiger charge is -2.34. The number of hydrogen-bond acceptors (Lipinski definition) is 7. The fourth-order valence-electron chi connectivity index (χ4n) is 5.59. The standard InChI is InChI=1S/C33H40N4O7S/c1-4-30(33(39)34-26-13-9-6-10-14-26)35(22-25-11-7-5-8-12-25)32(38)23-36(27-16-18-28(44-3)19-17-27)45(42,43)29-20-15-24(2)31(21-29)37(40)41/h5,7-8,11-12,15-21,26,30H,4,6,9-10,13-14,22-23H2,1-3H3,(H,34,39)/t30-/m0/s1. The lowest BCUT2D eigenvalue weighted by atomic mass is 9.95. The van der Waals surface area contributed by atoms with Crippen molar-refractivity contribution in [2.45, 2.75) is 75.9 Å². The van der Waals surface area contributed by atoms with Crippen LogP contribution in [0.1, 0.15) is 56.6 Å². The van der Waals surface area contributed by atoms with E-state index in [0.29, 0.717) is 17.7 Å². The van der Waals surface area contributed by atoms with E-state index in [1.54, 1.807) is 12.1 Å². The molecule has 0 bridgehead atoms. The van der Waals surface area contributed by atoms with Crippen LogP contribution in [0.2, 0.25) is 0 Å². The largest absolute Gasteiger partial charge is 0.497 e. The molecule has 1 aliphatic rings. The van der Waals surface area contributed by atoms with Gasteiger partial charge >= 0.3 is 0 Å². The first-order chi connectivity index (χ1) is 21.5. The highest BCUT2D eigenvalue weighted by Gasteiger charge is 2.35. The molecule has 0 saturated heterocycles. The molecule has 0 radical (unpaired) electrons. The molecule has 4 rings (SSSR count). The summed E-state index contributed by atoms with van der Waals surface area (Å²) in [6.07, 6.45) is 5.25. The molecule has 0 spiro atoms. The third-order valence-corrected chi connectivity index (χ3v) is 9.91. The van der Waals surface area contributed by atoms with Gasteiger partial charge in [-0.25, -0.2) is 8.42 Å². The van der Waals surface area contributed by atoms with Gasteiger partial charge < -0.3 is 15.0 Å². The third kappa shape index (κ3) is 8.18. The molecule has 2 amide bonds.